The molecule has 0 atom stereocenters. The maximum absolute atomic E-state index is 12.3. The molecule has 0 spiro atoms. The van der Waals surface area contributed by atoms with E-state index in [9.17, 15) is 4.79 Å². The van der Waals surface area contributed by atoms with Crippen LogP contribution in [0.1, 0.15) is 23.6 Å². The lowest BCUT2D eigenvalue weighted by atomic mass is 10.1. The molecule has 2 aromatic carbocycles. The zero-order chi connectivity index (χ0) is 19.9. The molecule has 1 heterocycles. The molecule has 5 heteroatoms. The number of aromatic nitrogens is 1. The summed E-state index contributed by atoms with van der Waals surface area (Å²) in [6.07, 6.45) is 2.91. The Kier molecular flexibility index (Phi) is 6.27. The second kappa shape index (κ2) is 9.04. The van der Waals surface area contributed by atoms with Crippen molar-refractivity contribution >= 4 is 23.1 Å². The maximum atomic E-state index is 12.3. The number of pyridine rings is 1. The topological polar surface area (TPSA) is 63.2 Å². The molecule has 5 nitrogen and oxygen atoms in total. The van der Waals surface area contributed by atoms with Gasteiger partial charge < -0.3 is 15.4 Å². The molecule has 0 saturated carbocycles. The minimum Gasteiger partial charge on any atom is -0.497 e. The van der Waals surface area contributed by atoms with Crippen molar-refractivity contribution in [2.75, 3.05) is 17.7 Å². The molecule has 0 saturated heterocycles. The third kappa shape index (κ3) is 4.88. The number of carbonyl (C=O) groups excluding carboxylic acids is 1. The highest BCUT2D eigenvalue weighted by Crippen LogP contribution is 2.25. The second-order valence-electron chi connectivity index (χ2n) is 6.59. The van der Waals surface area contributed by atoms with Gasteiger partial charge in [-0.3, -0.25) is 4.79 Å². The van der Waals surface area contributed by atoms with E-state index in [4.69, 9.17) is 4.74 Å². The Labute approximate surface area is 165 Å². The van der Waals surface area contributed by atoms with Crippen molar-refractivity contribution in [3.8, 4) is 5.75 Å². The summed E-state index contributed by atoms with van der Waals surface area (Å²) in [6, 6.07) is 17.4. The number of nitrogens with one attached hydrogen (secondary N) is 2. The van der Waals surface area contributed by atoms with Crippen molar-refractivity contribution in [2.24, 2.45) is 0 Å². The van der Waals surface area contributed by atoms with E-state index in [0.717, 1.165) is 29.2 Å². The van der Waals surface area contributed by atoms with E-state index < -0.39 is 0 Å². The van der Waals surface area contributed by atoms with Crippen LogP contribution in [0.2, 0.25) is 0 Å². The van der Waals surface area contributed by atoms with Gasteiger partial charge in [0.2, 0.25) is 5.91 Å². The monoisotopic (exact) mass is 375 g/mol. The van der Waals surface area contributed by atoms with E-state index >= 15 is 0 Å². The van der Waals surface area contributed by atoms with Gasteiger partial charge in [-0.05, 0) is 54.3 Å². The Morgan fingerprint density at radius 3 is 2.50 bits per heavy atom. The molecule has 1 amide bonds. The molecule has 28 heavy (non-hydrogen) atoms. The van der Waals surface area contributed by atoms with Crippen LogP contribution >= 0.6 is 0 Å². The van der Waals surface area contributed by atoms with Gasteiger partial charge in [0, 0.05) is 5.69 Å². The number of nitrogens with zero attached hydrogens (tertiary/aromatic N) is 1. The van der Waals surface area contributed by atoms with E-state index in [1.807, 2.05) is 36.4 Å². The van der Waals surface area contributed by atoms with Crippen molar-refractivity contribution in [1.29, 1.82) is 0 Å². The van der Waals surface area contributed by atoms with Crippen LogP contribution in [0.15, 0.2) is 60.8 Å². The highest BCUT2D eigenvalue weighted by Gasteiger charge is 2.07. The predicted molar refractivity (Wildman–Crippen MR) is 113 cm³/mol. The normalized spacial score (nSPS) is 10.4. The molecule has 144 valence electrons. The number of ether oxygens (including phenoxy) is 1. The van der Waals surface area contributed by atoms with Gasteiger partial charge in [0.15, 0.2) is 0 Å². The van der Waals surface area contributed by atoms with Crippen molar-refractivity contribution in [3.05, 3.63) is 77.5 Å². The molecule has 0 aliphatic rings. The van der Waals surface area contributed by atoms with Gasteiger partial charge in [-0.2, -0.15) is 0 Å². The first kappa shape index (κ1) is 19.4. The fourth-order valence-electron chi connectivity index (χ4n) is 3.01. The Morgan fingerprint density at radius 1 is 1.07 bits per heavy atom. The van der Waals surface area contributed by atoms with Crippen LogP contribution in [0.25, 0.3) is 0 Å². The average molecular weight is 375 g/mol. The van der Waals surface area contributed by atoms with Crippen LogP contribution in [0.5, 0.6) is 5.75 Å². The summed E-state index contributed by atoms with van der Waals surface area (Å²) >= 11 is 0. The Morgan fingerprint density at radius 2 is 1.86 bits per heavy atom. The Hall–Kier alpha value is -3.34. The lowest BCUT2D eigenvalue weighted by molar-refractivity contribution is -0.115. The summed E-state index contributed by atoms with van der Waals surface area (Å²) in [5, 5.41) is 6.27. The standard InChI is InChI=1S/C23H25N3O2/c1-4-18-7-5-6-16(2)23(18)26-21-13-10-19(15-24-21)25-22(27)14-17-8-11-20(28-3)12-9-17/h5-13,15H,4,14H2,1-3H3,(H,24,26)(H,25,27). The van der Waals surface area contributed by atoms with Gasteiger partial charge in [0.1, 0.15) is 11.6 Å². The largest absolute Gasteiger partial charge is 0.497 e. The number of benzene rings is 2. The summed E-state index contributed by atoms with van der Waals surface area (Å²) in [6.45, 7) is 4.21. The highest BCUT2D eigenvalue weighted by atomic mass is 16.5. The third-order valence-electron chi connectivity index (χ3n) is 4.56. The Balaban J connectivity index is 1.62. The molecule has 0 bridgehead atoms. The average Bonchev–Trinajstić information content (AvgIpc) is 2.71. The maximum Gasteiger partial charge on any atom is 0.228 e. The highest BCUT2D eigenvalue weighted by molar-refractivity contribution is 5.92. The van der Waals surface area contributed by atoms with Gasteiger partial charge in [0.05, 0.1) is 25.4 Å². The zero-order valence-corrected chi connectivity index (χ0v) is 16.5. The van der Waals surface area contributed by atoms with Crippen LogP contribution < -0.4 is 15.4 Å². The quantitative estimate of drug-likeness (QED) is 0.617. The van der Waals surface area contributed by atoms with Crippen molar-refractivity contribution in [1.82, 2.24) is 4.98 Å². The molecular formula is C23H25N3O2. The summed E-state index contributed by atoms with van der Waals surface area (Å²) in [4.78, 5) is 16.7. The molecule has 0 aliphatic heterocycles. The van der Waals surface area contributed by atoms with Crippen LogP contribution in [-0.4, -0.2) is 18.0 Å². The van der Waals surface area contributed by atoms with E-state index in [1.165, 1.54) is 11.1 Å². The van der Waals surface area contributed by atoms with Crippen LogP contribution in [-0.2, 0) is 17.6 Å². The van der Waals surface area contributed by atoms with Gasteiger partial charge in [0.25, 0.3) is 0 Å². The molecule has 1 aromatic heterocycles. The van der Waals surface area contributed by atoms with E-state index in [2.05, 4.69) is 47.7 Å². The van der Waals surface area contributed by atoms with Crippen molar-refractivity contribution in [3.63, 3.8) is 0 Å². The molecule has 3 aromatic rings. The van der Waals surface area contributed by atoms with Gasteiger partial charge >= 0.3 is 0 Å². The fraction of sp³-hybridized carbons (Fsp3) is 0.217. The molecule has 0 fully saturated rings. The first-order valence-corrected chi connectivity index (χ1v) is 9.33. The predicted octanol–water partition coefficient (Wildman–Crippen LogP) is 4.89. The van der Waals surface area contributed by atoms with Crippen LogP contribution in [0.4, 0.5) is 17.2 Å². The zero-order valence-electron chi connectivity index (χ0n) is 16.5. The molecule has 3 rings (SSSR count). The fourth-order valence-corrected chi connectivity index (χ4v) is 3.01. The van der Waals surface area contributed by atoms with Crippen LogP contribution in [0, 0.1) is 6.92 Å². The lowest BCUT2D eigenvalue weighted by Gasteiger charge is -2.14. The summed E-state index contributed by atoms with van der Waals surface area (Å²) < 4.78 is 5.13. The van der Waals surface area contributed by atoms with E-state index in [1.54, 1.807) is 13.3 Å². The molecule has 0 unspecified atom stereocenters. The number of amides is 1. The summed E-state index contributed by atoms with van der Waals surface area (Å²) in [7, 11) is 1.62. The SMILES string of the molecule is CCc1cccc(C)c1Nc1ccc(NC(=O)Cc2ccc(OC)cc2)cn1. The number of methoxy groups -OCH3 is 1. The number of anilines is 3. The minimum absolute atomic E-state index is 0.0835. The number of carbonyl (C=O) groups is 1. The van der Waals surface area contributed by atoms with Gasteiger partial charge in [-0.25, -0.2) is 4.98 Å². The van der Waals surface area contributed by atoms with Crippen LogP contribution in [0.3, 0.4) is 0 Å². The Bertz CT molecular complexity index is 935. The van der Waals surface area contributed by atoms with Gasteiger partial charge in [-0.15, -0.1) is 0 Å². The van der Waals surface area contributed by atoms with Crippen molar-refractivity contribution in [2.45, 2.75) is 26.7 Å². The smallest absolute Gasteiger partial charge is 0.228 e. The first-order chi connectivity index (χ1) is 13.6. The number of para-hydroxylation sites is 1. The number of rotatable bonds is 7. The molecule has 0 aliphatic carbocycles. The first-order valence-electron chi connectivity index (χ1n) is 9.33. The number of hydrogen-bond acceptors (Lipinski definition) is 4. The summed E-state index contributed by atoms with van der Waals surface area (Å²) in [5.41, 5.74) is 5.12. The van der Waals surface area contributed by atoms with Crippen molar-refractivity contribution < 1.29 is 9.53 Å². The van der Waals surface area contributed by atoms with E-state index in [0.29, 0.717) is 12.1 Å². The number of hydrogen-bond donors (Lipinski definition) is 2. The molecular weight excluding hydrogens is 350 g/mol. The lowest BCUT2D eigenvalue weighted by Crippen LogP contribution is -2.14. The second-order valence-corrected chi connectivity index (χ2v) is 6.59. The van der Waals surface area contributed by atoms with Gasteiger partial charge in [-0.1, -0.05) is 37.3 Å². The minimum atomic E-state index is -0.0835. The molecule has 0 radical (unpaired) electrons. The number of aryl methyl sites for hydroxylation is 2. The summed E-state index contributed by atoms with van der Waals surface area (Å²) in [5.74, 6) is 1.44. The van der Waals surface area contributed by atoms with E-state index in [-0.39, 0.29) is 5.91 Å². The third-order valence-corrected chi connectivity index (χ3v) is 4.56. The molecule has 2 N–H and O–H groups in total.